The van der Waals surface area contributed by atoms with Crippen molar-refractivity contribution in [3.8, 4) is 0 Å². The van der Waals surface area contributed by atoms with Gasteiger partial charge in [0.2, 0.25) is 5.95 Å². The van der Waals surface area contributed by atoms with Crippen molar-refractivity contribution < 1.29 is 14.3 Å². The number of anilines is 1. The van der Waals surface area contributed by atoms with Crippen LogP contribution in [0.15, 0.2) is 36.8 Å². The first-order chi connectivity index (χ1) is 18.6. The number of rotatable bonds is 11. The lowest BCUT2D eigenvalue weighted by Gasteiger charge is -2.32. The van der Waals surface area contributed by atoms with Crippen LogP contribution >= 0.6 is 11.6 Å². The fraction of sp³-hybridized carbons (Fsp3) is 0.552. The van der Waals surface area contributed by atoms with Gasteiger partial charge in [-0.1, -0.05) is 24.6 Å². The summed E-state index contributed by atoms with van der Waals surface area (Å²) in [5, 5.41) is 5.75. The van der Waals surface area contributed by atoms with Gasteiger partial charge in [0.1, 0.15) is 6.61 Å². The van der Waals surface area contributed by atoms with Crippen molar-refractivity contribution in [3.63, 3.8) is 0 Å². The highest BCUT2D eigenvalue weighted by molar-refractivity contribution is 6.31. The third-order valence-electron chi connectivity index (χ3n) is 7.54. The number of nitrogens with one attached hydrogen (secondary N) is 1. The lowest BCUT2D eigenvalue weighted by atomic mass is 9.97. The molecule has 204 valence electrons. The van der Waals surface area contributed by atoms with Crippen LogP contribution in [0.25, 0.3) is 10.9 Å². The van der Waals surface area contributed by atoms with Gasteiger partial charge in [0.05, 0.1) is 5.56 Å². The number of halogens is 1. The van der Waals surface area contributed by atoms with Crippen molar-refractivity contribution in [1.29, 1.82) is 0 Å². The minimum absolute atomic E-state index is 0.00135. The van der Waals surface area contributed by atoms with E-state index < -0.39 is 0 Å². The van der Waals surface area contributed by atoms with Crippen molar-refractivity contribution in [3.05, 3.63) is 52.9 Å². The van der Waals surface area contributed by atoms with Crippen LogP contribution in [0.4, 0.5) is 5.95 Å². The zero-order valence-electron chi connectivity index (χ0n) is 22.2. The number of hydrogen-bond acceptors (Lipinski definition) is 7. The number of fused-ring (bicyclic) bond motifs is 1. The van der Waals surface area contributed by atoms with Gasteiger partial charge in [-0.25, -0.2) is 9.97 Å². The van der Waals surface area contributed by atoms with E-state index >= 15 is 0 Å². The standard InChI is InChI=1S/C29H38ClN5O3/c1-2-10-35-19-23(25-7-6-24(30)14-26(25)35)16-31-15-21-8-11-34(12-9-21)29-32-17-22(18-33-29)27(36)20-38-28-5-3-4-13-37-28/h6-7,14,17-19,21,28,31H,2-5,8-13,15-16,20H2,1H3. The summed E-state index contributed by atoms with van der Waals surface area (Å²) in [5.41, 5.74) is 3.01. The number of piperidine rings is 1. The number of carbonyl (C=O) groups excluding carboxylic acids is 1. The van der Waals surface area contributed by atoms with E-state index in [2.05, 4.69) is 50.0 Å². The molecule has 0 bridgehead atoms. The third kappa shape index (κ3) is 6.72. The van der Waals surface area contributed by atoms with Crippen LogP contribution in [0.2, 0.25) is 5.02 Å². The summed E-state index contributed by atoms with van der Waals surface area (Å²) >= 11 is 6.26. The summed E-state index contributed by atoms with van der Waals surface area (Å²) in [6.45, 7) is 7.55. The van der Waals surface area contributed by atoms with Gasteiger partial charge in [-0.2, -0.15) is 0 Å². The number of Topliss-reactive ketones (excluding diaryl/α,β-unsaturated/α-hetero) is 1. The minimum atomic E-state index is -0.274. The number of ether oxygens (including phenoxy) is 2. The molecule has 2 aliphatic rings. The highest BCUT2D eigenvalue weighted by atomic mass is 35.5. The van der Waals surface area contributed by atoms with Gasteiger partial charge in [-0.3, -0.25) is 4.79 Å². The molecule has 5 rings (SSSR count). The smallest absolute Gasteiger partial charge is 0.225 e. The Morgan fingerprint density at radius 3 is 2.74 bits per heavy atom. The highest BCUT2D eigenvalue weighted by Crippen LogP contribution is 2.26. The molecule has 2 aliphatic heterocycles. The maximum atomic E-state index is 12.5. The number of carbonyl (C=O) groups is 1. The molecule has 0 spiro atoms. The molecule has 2 saturated heterocycles. The summed E-state index contributed by atoms with van der Waals surface area (Å²) in [4.78, 5) is 23.6. The number of aryl methyl sites for hydroxylation is 1. The predicted molar refractivity (Wildman–Crippen MR) is 150 cm³/mol. The molecular weight excluding hydrogens is 502 g/mol. The normalized spacial score (nSPS) is 18.8. The zero-order chi connectivity index (χ0) is 26.3. The van der Waals surface area contributed by atoms with Crippen molar-refractivity contribution in [1.82, 2.24) is 19.9 Å². The van der Waals surface area contributed by atoms with Crippen LogP contribution in [0.1, 0.15) is 61.4 Å². The maximum Gasteiger partial charge on any atom is 0.225 e. The molecule has 2 aromatic heterocycles. The summed E-state index contributed by atoms with van der Waals surface area (Å²) in [7, 11) is 0. The second-order valence-electron chi connectivity index (χ2n) is 10.4. The van der Waals surface area contributed by atoms with E-state index in [-0.39, 0.29) is 18.7 Å². The Bertz CT molecular complexity index is 1200. The Kier molecular flexibility index (Phi) is 9.27. The summed E-state index contributed by atoms with van der Waals surface area (Å²) in [6.07, 6.45) is 11.4. The second-order valence-corrected chi connectivity index (χ2v) is 10.8. The molecule has 38 heavy (non-hydrogen) atoms. The van der Waals surface area contributed by atoms with E-state index in [4.69, 9.17) is 21.1 Å². The zero-order valence-corrected chi connectivity index (χ0v) is 23.0. The molecule has 1 unspecified atom stereocenters. The van der Waals surface area contributed by atoms with Crippen molar-refractivity contribution in [2.45, 2.75) is 64.8 Å². The number of aromatic nitrogens is 3. The van der Waals surface area contributed by atoms with E-state index in [9.17, 15) is 4.79 Å². The predicted octanol–water partition coefficient (Wildman–Crippen LogP) is 5.23. The van der Waals surface area contributed by atoms with E-state index in [1.165, 1.54) is 16.5 Å². The molecule has 1 atom stereocenters. The molecule has 1 N–H and O–H groups in total. The van der Waals surface area contributed by atoms with Gasteiger partial charge in [0, 0.05) is 67.3 Å². The van der Waals surface area contributed by atoms with Gasteiger partial charge in [0.15, 0.2) is 12.1 Å². The lowest BCUT2D eigenvalue weighted by molar-refractivity contribution is -0.155. The van der Waals surface area contributed by atoms with Crippen molar-refractivity contribution >= 4 is 34.2 Å². The fourth-order valence-corrected chi connectivity index (χ4v) is 5.55. The molecule has 0 aliphatic carbocycles. The summed E-state index contributed by atoms with van der Waals surface area (Å²) in [6, 6.07) is 6.18. The molecular formula is C29H38ClN5O3. The number of nitrogens with zero attached hydrogens (tertiary/aromatic N) is 4. The average molecular weight is 540 g/mol. The van der Waals surface area contributed by atoms with Crippen LogP contribution in [-0.2, 0) is 22.6 Å². The first kappa shape index (κ1) is 27.1. The van der Waals surface area contributed by atoms with Crippen molar-refractivity contribution in [2.24, 2.45) is 5.92 Å². The molecule has 1 aromatic carbocycles. The Balaban J connectivity index is 1.07. The van der Waals surface area contributed by atoms with Gasteiger partial charge >= 0.3 is 0 Å². The Labute approximate surface area is 229 Å². The monoisotopic (exact) mass is 539 g/mol. The van der Waals surface area contributed by atoms with Gasteiger partial charge in [-0.05, 0) is 68.7 Å². The maximum absolute atomic E-state index is 12.5. The lowest BCUT2D eigenvalue weighted by Crippen LogP contribution is -2.38. The Morgan fingerprint density at radius 2 is 2.00 bits per heavy atom. The van der Waals surface area contributed by atoms with Gasteiger partial charge in [-0.15, -0.1) is 0 Å². The summed E-state index contributed by atoms with van der Waals surface area (Å²) < 4.78 is 13.4. The number of hydrogen-bond donors (Lipinski definition) is 1. The molecule has 8 nitrogen and oxygen atoms in total. The van der Waals surface area contributed by atoms with E-state index in [1.54, 1.807) is 12.4 Å². The molecule has 9 heteroatoms. The average Bonchev–Trinajstić information content (AvgIpc) is 3.29. The third-order valence-corrected chi connectivity index (χ3v) is 7.77. The molecule has 0 radical (unpaired) electrons. The quantitative estimate of drug-likeness (QED) is 0.334. The van der Waals surface area contributed by atoms with Crippen LogP contribution in [0.5, 0.6) is 0 Å². The Morgan fingerprint density at radius 1 is 1.18 bits per heavy atom. The first-order valence-corrected chi connectivity index (χ1v) is 14.3. The topological polar surface area (TPSA) is 81.5 Å². The largest absolute Gasteiger partial charge is 0.353 e. The molecule has 0 saturated carbocycles. The number of benzene rings is 1. The van der Waals surface area contributed by atoms with Gasteiger partial charge < -0.3 is 24.3 Å². The van der Waals surface area contributed by atoms with Crippen LogP contribution in [0, 0.1) is 5.92 Å². The summed E-state index contributed by atoms with van der Waals surface area (Å²) in [5.74, 6) is 1.19. The van der Waals surface area contributed by atoms with E-state index in [1.807, 2.05) is 6.07 Å². The highest BCUT2D eigenvalue weighted by Gasteiger charge is 2.22. The SMILES string of the molecule is CCCn1cc(CNCC2CCN(c3ncc(C(=O)COC4CCCCO4)cn3)CC2)c2ccc(Cl)cc21. The van der Waals surface area contributed by atoms with Crippen LogP contribution in [-0.4, -0.2) is 59.5 Å². The number of ketones is 1. The fourth-order valence-electron chi connectivity index (χ4n) is 5.38. The molecule has 3 aromatic rings. The van der Waals surface area contributed by atoms with Crippen LogP contribution in [0.3, 0.4) is 0 Å². The minimum Gasteiger partial charge on any atom is -0.353 e. The van der Waals surface area contributed by atoms with Crippen molar-refractivity contribution in [2.75, 3.05) is 37.7 Å². The Hall–Kier alpha value is -2.52. The second kappa shape index (κ2) is 13.0. The van der Waals surface area contributed by atoms with E-state index in [0.29, 0.717) is 24.0 Å². The van der Waals surface area contributed by atoms with Crippen LogP contribution < -0.4 is 10.2 Å². The van der Waals surface area contributed by atoms with E-state index in [0.717, 1.165) is 76.3 Å². The first-order valence-electron chi connectivity index (χ1n) is 13.9. The molecule has 4 heterocycles. The molecule has 0 amide bonds. The molecule has 2 fully saturated rings. The van der Waals surface area contributed by atoms with Gasteiger partial charge in [0.25, 0.3) is 0 Å².